The Morgan fingerprint density at radius 2 is 1.85 bits per heavy atom. The summed E-state index contributed by atoms with van der Waals surface area (Å²) in [6.07, 6.45) is -3.77. The molecular weight excluding hydrogens is 389 g/mol. The van der Waals surface area contributed by atoms with Gasteiger partial charge in [0.1, 0.15) is 11.6 Å². The number of para-hydroxylation sites is 1. The van der Waals surface area contributed by atoms with Crippen LogP contribution in [0.2, 0.25) is 0 Å². The molecule has 2 aromatic carbocycles. The Bertz CT molecular complexity index is 979. The maximum Gasteiger partial charge on any atom is 0.449 e. The van der Waals surface area contributed by atoms with Gasteiger partial charge >= 0.3 is 6.18 Å². The number of halogens is 6. The number of benzene rings is 2. The number of nitrogens with two attached hydrogens (primary N) is 1. The van der Waals surface area contributed by atoms with Crippen molar-refractivity contribution in [2.75, 3.05) is 6.54 Å². The maximum atomic E-state index is 13.9. The molecule has 0 aliphatic heterocycles. The van der Waals surface area contributed by atoms with Gasteiger partial charge in [-0.15, -0.1) is 12.4 Å². The van der Waals surface area contributed by atoms with Crippen molar-refractivity contribution in [2.24, 2.45) is 5.73 Å². The second kappa shape index (κ2) is 8.06. The number of fused-ring (bicyclic) bond motifs is 1. The van der Waals surface area contributed by atoms with Gasteiger partial charge in [-0.1, -0.05) is 24.3 Å². The van der Waals surface area contributed by atoms with Crippen LogP contribution in [-0.2, 0) is 12.7 Å². The van der Waals surface area contributed by atoms with Crippen LogP contribution in [0.4, 0.5) is 22.0 Å². The SMILES string of the molecule is Cl.NC/C=C(\F)Cn1c(C(F)(F)F)nc2c(-c3cccc(F)c3)cccc21. The molecular formula is C18H15ClF5N3. The Kier molecular flexibility index (Phi) is 6.22. The average Bonchev–Trinajstić information content (AvgIpc) is 2.94. The van der Waals surface area contributed by atoms with Crippen molar-refractivity contribution in [3.05, 3.63) is 66.0 Å². The Morgan fingerprint density at radius 3 is 2.48 bits per heavy atom. The van der Waals surface area contributed by atoms with Gasteiger partial charge in [0.2, 0.25) is 5.82 Å². The minimum Gasteiger partial charge on any atom is -0.327 e. The summed E-state index contributed by atoms with van der Waals surface area (Å²) in [5, 5.41) is 0. The molecule has 9 heteroatoms. The molecule has 0 bridgehead atoms. The molecule has 3 aromatic rings. The van der Waals surface area contributed by atoms with E-state index >= 15 is 0 Å². The van der Waals surface area contributed by atoms with Crippen LogP contribution >= 0.6 is 12.4 Å². The van der Waals surface area contributed by atoms with Gasteiger partial charge in [0, 0.05) is 12.1 Å². The number of hydrogen-bond donors (Lipinski definition) is 1. The molecule has 1 aromatic heterocycles. The summed E-state index contributed by atoms with van der Waals surface area (Å²) < 4.78 is 68.3. The first kappa shape index (κ1) is 20.9. The van der Waals surface area contributed by atoms with E-state index in [2.05, 4.69) is 4.98 Å². The van der Waals surface area contributed by atoms with Crippen LogP contribution in [0.1, 0.15) is 5.82 Å². The summed E-state index contributed by atoms with van der Waals surface area (Å²) in [5.41, 5.74) is 6.04. The molecule has 27 heavy (non-hydrogen) atoms. The molecule has 1 heterocycles. The fourth-order valence-electron chi connectivity index (χ4n) is 2.76. The van der Waals surface area contributed by atoms with Crippen molar-refractivity contribution >= 4 is 23.4 Å². The van der Waals surface area contributed by atoms with Gasteiger partial charge in [0.05, 0.1) is 17.6 Å². The van der Waals surface area contributed by atoms with Crippen LogP contribution in [0.3, 0.4) is 0 Å². The number of imidazole rings is 1. The topological polar surface area (TPSA) is 43.8 Å². The van der Waals surface area contributed by atoms with Crippen LogP contribution in [0, 0.1) is 5.82 Å². The second-order valence-electron chi connectivity index (χ2n) is 5.59. The van der Waals surface area contributed by atoms with Gasteiger partial charge < -0.3 is 10.3 Å². The molecule has 3 rings (SSSR count). The third kappa shape index (κ3) is 4.28. The fraction of sp³-hybridized carbons (Fsp3) is 0.167. The predicted octanol–water partition coefficient (Wildman–Crippen LogP) is 5.10. The molecule has 0 saturated heterocycles. The highest BCUT2D eigenvalue weighted by atomic mass is 35.5. The van der Waals surface area contributed by atoms with Gasteiger partial charge in [0.15, 0.2) is 0 Å². The van der Waals surface area contributed by atoms with Crippen molar-refractivity contribution in [3.8, 4) is 11.1 Å². The lowest BCUT2D eigenvalue weighted by atomic mass is 10.0. The number of hydrogen-bond acceptors (Lipinski definition) is 2. The van der Waals surface area contributed by atoms with Gasteiger partial charge in [-0.3, -0.25) is 0 Å². The largest absolute Gasteiger partial charge is 0.449 e. The molecule has 0 amide bonds. The normalized spacial score (nSPS) is 12.3. The van der Waals surface area contributed by atoms with E-state index in [9.17, 15) is 22.0 Å². The van der Waals surface area contributed by atoms with E-state index in [-0.39, 0.29) is 30.0 Å². The third-order valence-electron chi connectivity index (χ3n) is 3.82. The molecule has 0 spiro atoms. The van der Waals surface area contributed by atoms with Crippen LogP contribution in [-0.4, -0.2) is 16.1 Å². The van der Waals surface area contributed by atoms with Crippen molar-refractivity contribution < 1.29 is 22.0 Å². The van der Waals surface area contributed by atoms with Crippen molar-refractivity contribution in [3.63, 3.8) is 0 Å². The standard InChI is InChI=1S/C18H14F5N3.ClH/c19-12-4-1-3-11(9-12)14-5-2-6-15-16(14)25-17(18(21,22)23)26(15)10-13(20)7-8-24;/h1-7,9H,8,10,24H2;1H/b13-7-;. The van der Waals surface area contributed by atoms with Crippen molar-refractivity contribution in [1.82, 2.24) is 9.55 Å². The molecule has 0 unspecified atom stereocenters. The second-order valence-corrected chi connectivity index (χ2v) is 5.59. The predicted molar refractivity (Wildman–Crippen MR) is 95.6 cm³/mol. The Balaban J connectivity index is 0.00000261. The lowest BCUT2D eigenvalue weighted by molar-refractivity contribution is -0.146. The van der Waals surface area contributed by atoms with Crippen molar-refractivity contribution in [2.45, 2.75) is 12.7 Å². The molecule has 0 aliphatic rings. The summed E-state index contributed by atoms with van der Waals surface area (Å²) in [6, 6.07) is 9.93. The summed E-state index contributed by atoms with van der Waals surface area (Å²) in [6.45, 7) is -0.774. The number of alkyl halides is 3. The van der Waals surface area contributed by atoms with E-state index in [1.807, 2.05) is 0 Å². The third-order valence-corrected chi connectivity index (χ3v) is 3.82. The molecule has 144 valence electrons. The molecule has 0 saturated carbocycles. The summed E-state index contributed by atoms with van der Waals surface area (Å²) in [7, 11) is 0. The zero-order valence-corrected chi connectivity index (χ0v) is 14.6. The number of allylic oxidation sites excluding steroid dienone is 1. The maximum absolute atomic E-state index is 13.9. The number of aromatic nitrogens is 2. The van der Waals surface area contributed by atoms with Gasteiger partial charge in [-0.2, -0.15) is 13.2 Å². The molecule has 2 N–H and O–H groups in total. The quantitative estimate of drug-likeness (QED) is 0.616. The van der Waals surface area contributed by atoms with Gasteiger partial charge in [-0.05, 0) is 29.8 Å². The molecule has 0 atom stereocenters. The highest BCUT2D eigenvalue weighted by molar-refractivity contribution is 5.92. The van der Waals surface area contributed by atoms with E-state index in [0.717, 1.165) is 10.6 Å². The molecule has 3 nitrogen and oxygen atoms in total. The monoisotopic (exact) mass is 403 g/mol. The first-order valence-electron chi connectivity index (χ1n) is 7.68. The smallest absolute Gasteiger partial charge is 0.327 e. The summed E-state index contributed by atoms with van der Waals surface area (Å²) in [5.74, 6) is -2.54. The van der Waals surface area contributed by atoms with Crippen LogP contribution < -0.4 is 5.73 Å². The Labute approximate surface area is 157 Å². The van der Waals surface area contributed by atoms with Gasteiger partial charge in [0.25, 0.3) is 0 Å². The summed E-state index contributed by atoms with van der Waals surface area (Å²) >= 11 is 0. The zero-order valence-electron chi connectivity index (χ0n) is 13.8. The van der Waals surface area contributed by atoms with E-state index in [4.69, 9.17) is 5.73 Å². The van der Waals surface area contributed by atoms with Crippen LogP contribution in [0.5, 0.6) is 0 Å². The Hall–Kier alpha value is -2.45. The molecule has 0 radical (unpaired) electrons. The first-order chi connectivity index (χ1) is 12.3. The van der Waals surface area contributed by atoms with Crippen molar-refractivity contribution in [1.29, 1.82) is 0 Å². The number of rotatable bonds is 4. The minimum absolute atomic E-state index is 0. The van der Waals surface area contributed by atoms with Gasteiger partial charge in [-0.25, -0.2) is 13.8 Å². The van der Waals surface area contributed by atoms with E-state index in [1.165, 1.54) is 30.3 Å². The average molecular weight is 404 g/mol. The minimum atomic E-state index is -4.78. The van der Waals surface area contributed by atoms with Crippen LogP contribution in [0.25, 0.3) is 22.2 Å². The number of nitrogens with zero attached hydrogens (tertiary/aromatic N) is 2. The zero-order chi connectivity index (χ0) is 18.9. The highest BCUT2D eigenvalue weighted by Crippen LogP contribution is 2.35. The van der Waals surface area contributed by atoms with E-state index in [0.29, 0.717) is 11.1 Å². The first-order valence-corrected chi connectivity index (χ1v) is 7.68. The lowest BCUT2D eigenvalue weighted by Crippen LogP contribution is -2.15. The fourth-order valence-corrected chi connectivity index (χ4v) is 2.76. The van der Waals surface area contributed by atoms with E-state index < -0.39 is 30.2 Å². The highest BCUT2D eigenvalue weighted by Gasteiger charge is 2.38. The van der Waals surface area contributed by atoms with Crippen LogP contribution in [0.15, 0.2) is 54.4 Å². The summed E-state index contributed by atoms with van der Waals surface area (Å²) in [4.78, 5) is 3.69. The lowest BCUT2D eigenvalue weighted by Gasteiger charge is -2.10. The molecule has 0 fully saturated rings. The van der Waals surface area contributed by atoms with E-state index in [1.54, 1.807) is 12.1 Å². The Morgan fingerprint density at radius 1 is 1.15 bits per heavy atom. The molecule has 0 aliphatic carbocycles.